The highest BCUT2D eigenvalue weighted by Crippen LogP contribution is 2.68. The molecule has 5 rings (SSSR count). The Hall–Kier alpha value is -2.10. The van der Waals surface area contributed by atoms with E-state index in [0.29, 0.717) is 13.0 Å². The van der Waals surface area contributed by atoms with E-state index in [9.17, 15) is 19.5 Å². The van der Waals surface area contributed by atoms with Crippen molar-refractivity contribution in [2.75, 3.05) is 19.8 Å². The summed E-state index contributed by atoms with van der Waals surface area (Å²) in [4.78, 5) is 46.1. The second-order valence-corrected chi connectivity index (χ2v) is 13.7. The third kappa shape index (κ3) is 4.78. The molecule has 1 saturated carbocycles. The number of carbonyl (C=O) groups is 3. The van der Waals surface area contributed by atoms with E-state index in [4.69, 9.17) is 4.74 Å². The minimum atomic E-state index is -0.818. The van der Waals surface area contributed by atoms with Crippen molar-refractivity contribution in [2.45, 2.75) is 71.5 Å². The largest absolute Gasteiger partial charge is 0.461 e. The van der Waals surface area contributed by atoms with E-state index in [-0.39, 0.29) is 41.1 Å². The van der Waals surface area contributed by atoms with Gasteiger partial charge in [-0.1, -0.05) is 84.3 Å². The first-order chi connectivity index (χ1) is 18.9. The van der Waals surface area contributed by atoms with Crippen LogP contribution in [-0.4, -0.2) is 79.4 Å². The summed E-state index contributed by atoms with van der Waals surface area (Å²) in [6.45, 7) is 7.71. The molecule has 3 heterocycles. The minimum absolute atomic E-state index is 0.0464. The number of carbonyl (C=O) groups excluding carboxylic acids is 3. The number of aliphatic hydroxyl groups excluding tert-OH is 1. The molecule has 1 spiro atoms. The van der Waals surface area contributed by atoms with Gasteiger partial charge in [0, 0.05) is 22.7 Å². The molecule has 1 aliphatic carbocycles. The van der Waals surface area contributed by atoms with Crippen LogP contribution >= 0.6 is 27.7 Å². The normalized spacial score (nSPS) is 32.5. The number of esters is 1. The second-order valence-electron chi connectivity index (χ2n) is 11.0. The predicted octanol–water partition coefficient (Wildman–Crippen LogP) is 4.26. The number of thioether (sulfide) groups is 1. The van der Waals surface area contributed by atoms with E-state index < -0.39 is 34.6 Å². The Morgan fingerprint density at radius 1 is 1.21 bits per heavy atom. The predicted molar refractivity (Wildman–Crippen MR) is 155 cm³/mol. The quantitative estimate of drug-likeness (QED) is 0.240. The molecule has 7 atom stereocenters. The number of ether oxygens (including phenoxy) is 1. The Kier molecular flexibility index (Phi) is 8.59. The lowest BCUT2D eigenvalue weighted by Crippen LogP contribution is -2.58. The zero-order valence-electron chi connectivity index (χ0n) is 22.1. The molecule has 1 aromatic carbocycles. The first kappa shape index (κ1) is 28.4. The van der Waals surface area contributed by atoms with Crippen LogP contribution in [0.5, 0.6) is 0 Å². The van der Waals surface area contributed by atoms with Crippen LogP contribution < -0.4 is 0 Å². The highest BCUT2D eigenvalue weighted by Gasteiger charge is 2.77. The van der Waals surface area contributed by atoms with Crippen molar-refractivity contribution in [3.8, 4) is 0 Å². The number of hydrogen-bond acceptors (Lipinski definition) is 6. The van der Waals surface area contributed by atoms with Crippen LogP contribution in [0.4, 0.5) is 0 Å². The monoisotopic (exact) mass is 616 g/mol. The molecule has 7 nitrogen and oxygen atoms in total. The summed E-state index contributed by atoms with van der Waals surface area (Å²) in [5.41, 5.74) is 0.760. The number of aliphatic hydroxyl groups is 1. The van der Waals surface area contributed by atoms with Gasteiger partial charge < -0.3 is 19.6 Å². The summed E-state index contributed by atoms with van der Waals surface area (Å²) >= 11 is 5.38. The Morgan fingerprint density at radius 2 is 1.92 bits per heavy atom. The number of hydrogen-bond donors (Lipinski definition) is 1. The number of benzene rings is 1. The SMILES string of the molecule is C=CCOC(=O)[C@H]1[C@H]2C(=O)N([C@H](CO)c3ccccc3)C(C(=O)N(CC=C)C3CCCCC3)C23CC(Br)[C@@H]1S3. The Bertz CT molecular complexity index is 1110. The molecule has 0 aromatic heterocycles. The van der Waals surface area contributed by atoms with Crippen LogP contribution in [0.1, 0.15) is 50.1 Å². The van der Waals surface area contributed by atoms with E-state index in [1.807, 2.05) is 35.2 Å². The molecule has 2 amide bonds. The molecule has 9 heteroatoms. The molecule has 4 aliphatic rings. The van der Waals surface area contributed by atoms with E-state index >= 15 is 0 Å². The van der Waals surface area contributed by atoms with Gasteiger partial charge in [0.2, 0.25) is 11.8 Å². The Labute approximate surface area is 243 Å². The van der Waals surface area contributed by atoms with Gasteiger partial charge in [0.25, 0.3) is 0 Å². The summed E-state index contributed by atoms with van der Waals surface area (Å²) < 4.78 is 4.69. The first-order valence-electron chi connectivity index (χ1n) is 13.9. The highest BCUT2D eigenvalue weighted by molar-refractivity contribution is 9.09. The fourth-order valence-electron chi connectivity index (χ4n) is 7.33. The third-order valence-electron chi connectivity index (χ3n) is 8.89. The summed E-state index contributed by atoms with van der Waals surface area (Å²) in [5.74, 6) is -2.19. The average molecular weight is 618 g/mol. The molecular weight excluding hydrogens is 580 g/mol. The average Bonchev–Trinajstić information content (AvgIpc) is 3.55. The van der Waals surface area contributed by atoms with Crippen LogP contribution in [0.2, 0.25) is 0 Å². The van der Waals surface area contributed by atoms with Gasteiger partial charge in [0.05, 0.1) is 29.2 Å². The van der Waals surface area contributed by atoms with Crippen molar-refractivity contribution >= 4 is 45.5 Å². The standard InChI is InChI=1S/C30H37BrN2O5S/c1-3-15-32(20-13-9-6-10-14-20)28(36)26-30-17-21(31)25(39-30)23(29(37)38-16-4-2)24(30)27(35)33(26)22(18-34)19-11-7-5-8-12-19/h3-5,7-8,11-12,20-26,34H,1-2,6,9-10,13-18H2/t21?,22-,23+,24+,25+,26?,30?/m1/s1. The number of fused-ring (bicyclic) bond motifs is 1. The molecule has 1 aromatic rings. The number of amides is 2. The van der Waals surface area contributed by atoms with E-state index in [0.717, 1.165) is 37.7 Å². The lowest BCUT2D eigenvalue weighted by Gasteiger charge is -2.42. The fraction of sp³-hybridized carbons (Fsp3) is 0.567. The van der Waals surface area contributed by atoms with E-state index in [1.165, 1.54) is 6.08 Å². The van der Waals surface area contributed by atoms with Crippen molar-refractivity contribution < 1.29 is 24.2 Å². The number of rotatable bonds is 10. The third-order valence-corrected chi connectivity index (χ3v) is 12.1. The molecule has 0 radical (unpaired) electrons. The molecule has 2 bridgehead atoms. The maximum absolute atomic E-state index is 14.8. The van der Waals surface area contributed by atoms with Crippen molar-refractivity contribution in [1.82, 2.24) is 9.80 Å². The first-order valence-corrected chi connectivity index (χ1v) is 15.7. The number of halogens is 1. The van der Waals surface area contributed by atoms with Crippen molar-refractivity contribution in [2.24, 2.45) is 11.8 Å². The zero-order valence-corrected chi connectivity index (χ0v) is 24.5. The fourth-order valence-corrected chi connectivity index (χ4v) is 10.9. The molecule has 4 fully saturated rings. The van der Waals surface area contributed by atoms with Gasteiger partial charge in [-0.05, 0) is 24.8 Å². The Morgan fingerprint density at radius 3 is 2.56 bits per heavy atom. The van der Waals surface area contributed by atoms with Gasteiger partial charge in [-0.25, -0.2) is 0 Å². The van der Waals surface area contributed by atoms with Crippen LogP contribution in [-0.2, 0) is 19.1 Å². The topological polar surface area (TPSA) is 87.1 Å². The van der Waals surface area contributed by atoms with Crippen LogP contribution in [0.3, 0.4) is 0 Å². The summed E-state index contributed by atoms with van der Waals surface area (Å²) in [7, 11) is 0. The molecule has 1 N–H and O–H groups in total. The van der Waals surface area contributed by atoms with E-state index in [2.05, 4.69) is 29.1 Å². The maximum atomic E-state index is 14.8. The molecule has 210 valence electrons. The molecule has 39 heavy (non-hydrogen) atoms. The summed E-state index contributed by atoms with van der Waals surface area (Å²) in [6, 6.07) is 7.92. The van der Waals surface area contributed by atoms with Gasteiger partial charge in [-0.3, -0.25) is 14.4 Å². The Balaban J connectivity index is 1.61. The smallest absolute Gasteiger partial charge is 0.311 e. The molecule has 3 unspecified atom stereocenters. The number of nitrogens with zero attached hydrogens (tertiary/aromatic N) is 2. The lowest BCUT2D eigenvalue weighted by molar-refractivity contribution is -0.153. The lowest BCUT2D eigenvalue weighted by atomic mass is 9.71. The molecular formula is C30H37BrN2O5S. The number of likely N-dealkylation sites (tertiary alicyclic amines) is 1. The maximum Gasteiger partial charge on any atom is 0.311 e. The van der Waals surface area contributed by atoms with Crippen molar-refractivity contribution in [3.05, 3.63) is 61.2 Å². The van der Waals surface area contributed by atoms with Crippen molar-refractivity contribution in [3.63, 3.8) is 0 Å². The highest BCUT2D eigenvalue weighted by atomic mass is 79.9. The second kappa shape index (κ2) is 11.8. The molecule has 3 aliphatic heterocycles. The van der Waals surface area contributed by atoms with Gasteiger partial charge in [-0.2, -0.15) is 0 Å². The van der Waals surface area contributed by atoms with Gasteiger partial charge in [0.15, 0.2) is 0 Å². The van der Waals surface area contributed by atoms with Crippen LogP contribution in [0, 0.1) is 11.8 Å². The van der Waals surface area contributed by atoms with Crippen LogP contribution in [0.25, 0.3) is 0 Å². The van der Waals surface area contributed by atoms with E-state index in [1.54, 1.807) is 22.7 Å². The van der Waals surface area contributed by atoms with Crippen molar-refractivity contribution in [1.29, 1.82) is 0 Å². The van der Waals surface area contributed by atoms with Gasteiger partial charge >= 0.3 is 5.97 Å². The van der Waals surface area contributed by atoms with Gasteiger partial charge in [0.1, 0.15) is 12.6 Å². The summed E-state index contributed by atoms with van der Waals surface area (Å²) in [5, 5.41) is 10.5. The van der Waals surface area contributed by atoms with Gasteiger partial charge in [-0.15, -0.1) is 18.3 Å². The minimum Gasteiger partial charge on any atom is -0.461 e. The van der Waals surface area contributed by atoms with Crippen LogP contribution in [0.15, 0.2) is 55.6 Å². The molecule has 3 saturated heterocycles. The zero-order chi connectivity index (χ0) is 27.7. The summed E-state index contributed by atoms with van der Waals surface area (Å²) in [6.07, 6.45) is 8.98. The number of alkyl halides is 1.